The van der Waals surface area contributed by atoms with Crippen LogP contribution in [0.4, 0.5) is 10.5 Å². The third-order valence-electron chi connectivity index (χ3n) is 4.18. The number of carbonyl (C=O) groups excluding carboxylic acids is 1. The van der Waals surface area contributed by atoms with Crippen LogP contribution in [-0.2, 0) is 15.7 Å². The van der Waals surface area contributed by atoms with Crippen molar-refractivity contribution in [2.45, 2.75) is 69.8 Å². The molecule has 1 aliphatic carbocycles. The van der Waals surface area contributed by atoms with E-state index < -0.39 is 28.8 Å². The molecule has 1 aromatic carbocycles. The second-order valence-electron chi connectivity index (χ2n) is 7.66. The second kappa shape index (κ2) is 9.37. The zero-order valence-electron chi connectivity index (χ0n) is 15.8. The Morgan fingerprint density at radius 2 is 2.04 bits per heavy atom. The van der Waals surface area contributed by atoms with Crippen LogP contribution in [0.5, 0.6) is 0 Å². The molecule has 0 spiro atoms. The number of aliphatic hydroxyl groups excluding tert-OH is 1. The van der Waals surface area contributed by atoms with Gasteiger partial charge in [0.2, 0.25) is 0 Å². The van der Waals surface area contributed by atoms with Crippen molar-refractivity contribution in [1.82, 2.24) is 5.32 Å². The van der Waals surface area contributed by atoms with Crippen LogP contribution in [-0.4, -0.2) is 32.8 Å². The van der Waals surface area contributed by atoms with Crippen molar-refractivity contribution < 1.29 is 18.8 Å². The summed E-state index contributed by atoms with van der Waals surface area (Å²) in [5.74, 6) is 0. The number of rotatable bonds is 7. The zero-order valence-corrected chi connectivity index (χ0v) is 16.6. The van der Waals surface area contributed by atoms with Crippen molar-refractivity contribution in [3.8, 4) is 0 Å². The SMILES string of the molecule is CC(C)(C)OC(=O)NCCC(O)c1cccc(NS(=O)C2CCCC2)c1. The van der Waals surface area contributed by atoms with Crippen molar-refractivity contribution in [3.63, 3.8) is 0 Å². The standard InChI is InChI=1S/C19H30N2O4S/c1-19(2,3)25-18(23)20-12-11-17(22)14-7-6-8-15(13-14)21-26(24)16-9-4-5-10-16/h6-8,13,16-17,21-22H,4-5,9-12H2,1-3H3,(H,20,23). The van der Waals surface area contributed by atoms with Crippen LogP contribution in [0.15, 0.2) is 24.3 Å². The summed E-state index contributed by atoms with van der Waals surface area (Å²) in [6.45, 7) is 5.71. The topological polar surface area (TPSA) is 87.7 Å². The number of hydrogen-bond acceptors (Lipinski definition) is 4. The number of alkyl carbamates (subject to hydrolysis) is 1. The molecule has 0 aliphatic heterocycles. The van der Waals surface area contributed by atoms with Gasteiger partial charge in [-0.1, -0.05) is 25.0 Å². The number of carbonyl (C=O) groups is 1. The molecule has 146 valence electrons. The molecule has 0 saturated heterocycles. The summed E-state index contributed by atoms with van der Waals surface area (Å²) in [6.07, 6.45) is 3.44. The summed E-state index contributed by atoms with van der Waals surface area (Å²) in [7, 11) is -1.09. The van der Waals surface area contributed by atoms with Crippen LogP contribution in [0.3, 0.4) is 0 Å². The van der Waals surface area contributed by atoms with E-state index in [4.69, 9.17) is 4.74 Å². The second-order valence-corrected chi connectivity index (χ2v) is 9.13. The van der Waals surface area contributed by atoms with Gasteiger partial charge in [-0.25, -0.2) is 9.00 Å². The highest BCUT2D eigenvalue weighted by Gasteiger charge is 2.21. The number of ether oxygens (including phenoxy) is 1. The maximum atomic E-state index is 12.3. The highest BCUT2D eigenvalue weighted by molar-refractivity contribution is 7.87. The number of benzene rings is 1. The zero-order chi connectivity index (χ0) is 19.2. The molecule has 7 heteroatoms. The molecule has 2 unspecified atom stereocenters. The van der Waals surface area contributed by atoms with Gasteiger partial charge in [0, 0.05) is 12.2 Å². The van der Waals surface area contributed by atoms with E-state index in [9.17, 15) is 14.1 Å². The number of hydrogen-bond donors (Lipinski definition) is 3. The van der Waals surface area contributed by atoms with Crippen molar-refractivity contribution >= 4 is 22.8 Å². The van der Waals surface area contributed by atoms with Crippen LogP contribution in [0.1, 0.15) is 64.5 Å². The van der Waals surface area contributed by atoms with Crippen molar-refractivity contribution in [2.75, 3.05) is 11.3 Å². The Morgan fingerprint density at radius 3 is 2.69 bits per heavy atom. The molecule has 3 N–H and O–H groups in total. The Labute approximate surface area is 158 Å². The van der Waals surface area contributed by atoms with E-state index in [0.29, 0.717) is 13.0 Å². The van der Waals surface area contributed by atoms with Crippen molar-refractivity contribution in [3.05, 3.63) is 29.8 Å². The molecule has 2 rings (SSSR count). The molecule has 0 heterocycles. The molecule has 0 bridgehead atoms. The van der Waals surface area contributed by atoms with Crippen molar-refractivity contribution in [2.24, 2.45) is 0 Å². The molecule has 2 atom stereocenters. The van der Waals surface area contributed by atoms with Crippen molar-refractivity contribution in [1.29, 1.82) is 0 Å². The molecule has 1 fully saturated rings. The fourth-order valence-electron chi connectivity index (χ4n) is 2.90. The minimum atomic E-state index is -1.09. The molecule has 26 heavy (non-hydrogen) atoms. The van der Waals surface area contributed by atoms with Gasteiger partial charge in [-0.2, -0.15) is 0 Å². The predicted octanol–water partition coefficient (Wildman–Crippen LogP) is 3.65. The molecule has 1 aromatic rings. The predicted molar refractivity (Wildman–Crippen MR) is 104 cm³/mol. The first-order chi connectivity index (χ1) is 12.2. The average molecular weight is 383 g/mol. The Morgan fingerprint density at radius 1 is 1.35 bits per heavy atom. The Kier molecular flexibility index (Phi) is 7.46. The lowest BCUT2D eigenvalue weighted by Crippen LogP contribution is -2.33. The molecular formula is C19H30N2O4S. The molecule has 1 saturated carbocycles. The largest absolute Gasteiger partial charge is 0.444 e. The van der Waals surface area contributed by atoms with Gasteiger partial charge >= 0.3 is 6.09 Å². The van der Waals surface area contributed by atoms with E-state index in [2.05, 4.69) is 10.0 Å². The maximum absolute atomic E-state index is 12.3. The third-order valence-corrected chi connectivity index (χ3v) is 5.69. The monoisotopic (exact) mass is 382 g/mol. The molecule has 1 amide bonds. The number of nitrogens with one attached hydrogen (secondary N) is 2. The number of aliphatic hydroxyl groups is 1. The van der Waals surface area contributed by atoms with E-state index >= 15 is 0 Å². The normalized spacial score (nSPS) is 17.5. The summed E-state index contributed by atoms with van der Waals surface area (Å²) >= 11 is 0. The Balaban J connectivity index is 1.82. The van der Waals surface area contributed by atoms with E-state index in [-0.39, 0.29) is 5.25 Å². The molecule has 1 aliphatic rings. The first-order valence-corrected chi connectivity index (χ1v) is 10.4. The summed E-state index contributed by atoms with van der Waals surface area (Å²) in [4.78, 5) is 11.6. The highest BCUT2D eigenvalue weighted by Crippen LogP contribution is 2.25. The molecule has 6 nitrogen and oxygen atoms in total. The fourth-order valence-corrected chi connectivity index (χ4v) is 4.19. The lowest BCUT2D eigenvalue weighted by Gasteiger charge is -2.20. The van der Waals surface area contributed by atoms with Gasteiger partial charge in [-0.15, -0.1) is 0 Å². The van der Waals surface area contributed by atoms with Gasteiger partial charge in [0.1, 0.15) is 16.6 Å². The van der Waals surface area contributed by atoms with Gasteiger partial charge in [0.05, 0.1) is 11.4 Å². The third kappa shape index (κ3) is 6.96. The molecule has 0 aromatic heterocycles. The van der Waals surface area contributed by atoms with Gasteiger partial charge in [0.15, 0.2) is 0 Å². The summed E-state index contributed by atoms with van der Waals surface area (Å²) in [6, 6.07) is 7.31. The lowest BCUT2D eigenvalue weighted by molar-refractivity contribution is 0.0518. The molecular weight excluding hydrogens is 352 g/mol. The first-order valence-electron chi connectivity index (χ1n) is 9.17. The summed E-state index contributed by atoms with van der Waals surface area (Å²) in [5.41, 5.74) is 0.925. The number of amides is 1. The quantitative estimate of drug-likeness (QED) is 0.672. The van der Waals surface area contributed by atoms with Crippen LogP contribution >= 0.6 is 0 Å². The number of anilines is 1. The van der Waals surface area contributed by atoms with Gasteiger partial charge in [0.25, 0.3) is 0 Å². The van der Waals surface area contributed by atoms with Crippen LogP contribution in [0, 0.1) is 0 Å². The van der Waals surface area contributed by atoms with Gasteiger partial charge in [-0.3, -0.25) is 0 Å². The van der Waals surface area contributed by atoms with E-state index in [1.165, 1.54) is 0 Å². The Bertz CT molecular complexity index is 624. The van der Waals surface area contributed by atoms with E-state index in [1.54, 1.807) is 20.8 Å². The summed E-state index contributed by atoms with van der Waals surface area (Å²) in [5, 5.41) is 13.2. The molecule has 0 radical (unpaired) electrons. The smallest absolute Gasteiger partial charge is 0.407 e. The van der Waals surface area contributed by atoms with E-state index in [1.807, 2.05) is 24.3 Å². The van der Waals surface area contributed by atoms with Gasteiger partial charge in [-0.05, 0) is 57.7 Å². The average Bonchev–Trinajstić information content (AvgIpc) is 3.08. The minimum absolute atomic E-state index is 0.210. The fraction of sp³-hybridized carbons (Fsp3) is 0.632. The Hall–Kier alpha value is -1.60. The van der Waals surface area contributed by atoms with Gasteiger partial charge < -0.3 is 19.9 Å². The highest BCUT2D eigenvalue weighted by atomic mass is 32.2. The lowest BCUT2D eigenvalue weighted by atomic mass is 10.1. The van der Waals surface area contributed by atoms with Crippen LogP contribution in [0.25, 0.3) is 0 Å². The van der Waals surface area contributed by atoms with Crippen LogP contribution in [0.2, 0.25) is 0 Å². The summed E-state index contributed by atoms with van der Waals surface area (Å²) < 4.78 is 20.5. The van der Waals surface area contributed by atoms with Crippen LogP contribution < -0.4 is 10.0 Å². The first kappa shape index (κ1) is 20.7. The minimum Gasteiger partial charge on any atom is -0.444 e. The maximum Gasteiger partial charge on any atom is 0.407 e. The van der Waals surface area contributed by atoms with E-state index in [0.717, 1.165) is 36.9 Å².